The van der Waals surface area contributed by atoms with Crippen LogP contribution in [0.25, 0.3) is 11.4 Å². The highest BCUT2D eigenvalue weighted by Gasteiger charge is 2.31. The highest BCUT2D eigenvalue weighted by molar-refractivity contribution is 7.10. The highest BCUT2D eigenvalue weighted by atomic mass is 32.1. The second kappa shape index (κ2) is 6.85. The minimum absolute atomic E-state index is 0.177. The van der Waals surface area contributed by atoms with Crippen LogP contribution in [0.3, 0.4) is 0 Å². The Morgan fingerprint density at radius 2 is 2.00 bits per heavy atom. The minimum atomic E-state index is -0.177. The number of nitrogens with zero attached hydrogens (tertiary/aromatic N) is 4. The lowest BCUT2D eigenvalue weighted by atomic mass is 9.78. The SMILES string of the molecule is FC1=CN2C[C@H]3CC[C@H](c4nc(-c5cnccn5)cs4)CC3=CC=C2C=C1. The molecule has 0 bridgehead atoms. The fourth-order valence-corrected chi connectivity index (χ4v) is 5.01. The molecule has 2 atom stereocenters. The van der Waals surface area contributed by atoms with E-state index in [1.54, 1.807) is 36.1 Å². The van der Waals surface area contributed by atoms with Crippen LogP contribution in [0.5, 0.6) is 0 Å². The summed E-state index contributed by atoms with van der Waals surface area (Å²) >= 11 is 1.71. The first-order valence-corrected chi connectivity index (χ1v) is 10.1. The van der Waals surface area contributed by atoms with Gasteiger partial charge >= 0.3 is 0 Å². The molecule has 0 aromatic carbocycles. The van der Waals surface area contributed by atoms with Crippen molar-refractivity contribution >= 4 is 11.3 Å². The van der Waals surface area contributed by atoms with Crippen LogP contribution < -0.4 is 0 Å². The van der Waals surface area contributed by atoms with E-state index in [1.165, 1.54) is 16.7 Å². The maximum Gasteiger partial charge on any atom is 0.139 e. The lowest BCUT2D eigenvalue weighted by Crippen LogP contribution is -2.28. The molecule has 136 valence electrons. The summed E-state index contributed by atoms with van der Waals surface area (Å²) in [7, 11) is 0. The topological polar surface area (TPSA) is 41.9 Å². The van der Waals surface area contributed by atoms with Crippen LogP contribution in [0.4, 0.5) is 4.39 Å². The van der Waals surface area contributed by atoms with Gasteiger partial charge in [0.1, 0.15) is 17.2 Å². The Bertz CT molecular complexity index is 973. The highest BCUT2D eigenvalue weighted by Crippen LogP contribution is 2.42. The molecular formula is C21H19FN4S. The van der Waals surface area contributed by atoms with Crippen molar-refractivity contribution in [1.29, 1.82) is 0 Å². The first kappa shape index (κ1) is 16.6. The van der Waals surface area contributed by atoms with Gasteiger partial charge < -0.3 is 4.90 Å². The van der Waals surface area contributed by atoms with E-state index in [1.807, 2.05) is 11.0 Å². The number of rotatable bonds is 2. The zero-order valence-corrected chi connectivity index (χ0v) is 15.6. The van der Waals surface area contributed by atoms with Crippen molar-refractivity contribution < 1.29 is 4.39 Å². The maximum atomic E-state index is 13.6. The molecule has 2 aromatic rings. The number of aromatic nitrogens is 3. The normalized spacial score (nSPS) is 24.3. The van der Waals surface area contributed by atoms with Crippen LogP contribution in [-0.2, 0) is 0 Å². The zero-order valence-electron chi connectivity index (χ0n) is 14.8. The monoisotopic (exact) mass is 378 g/mol. The second-order valence-electron chi connectivity index (χ2n) is 7.17. The Hall–Kier alpha value is -2.60. The molecule has 1 fully saturated rings. The molecule has 4 heterocycles. The third-order valence-corrected chi connectivity index (χ3v) is 6.48. The first-order valence-electron chi connectivity index (χ1n) is 9.21. The fourth-order valence-electron chi connectivity index (χ4n) is 4.06. The quantitative estimate of drug-likeness (QED) is 0.738. The summed E-state index contributed by atoms with van der Waals surface area (Å²) in [4.78, 5) is 15.4. The van der Waals surface area contributed by atoms with Gasteiger partial charge in [-0.25, -0.2) is 9.37 Å². The lowest BCUT2D eigenvalue weighted by Gasteiger charge is -2.33. The number of thiazole rings is 1. The Kier molecular flexibility index (Phi) is 4.20. The van der Waals surface area contributed by atoms with Crippen molar-refractivity contribution in [3.05, 3.63) is 76.6 Å². The van der Waals surface area contributed by atoms with Crippen molar-refractivity contribution in [2.75, 3.05) is 6.54 Å². The Morgan fingerprint density at radius 3 is 2.89 bits per heavy atom. The number of fused-ring (bicyclic) bond motifs is 2. The summed E-state index contributed by atoms with van der Waals surface area (Å²) < 4.78 is 13.6. The summed E-state index contributed by atoms with van der Waals surface area (Å²) in [5.74, 6) is 0.743. The predicted octanol–water partition coefficient (Wildman–Crippen LogP) is 4.99. The molecule has 0 radical (unpaired) electrons. The predicted molar refractivity (Wildman–Crippen MR) is 104 cm³/mol. The Morgan fingerprint density at radius 1 is 1.07 bits per heavy atom. The van der Waals surface area contributed by atoms with Gasteiger partial charge in [-0.15, -0.1) is 11.3 Å². The average molecular weight is 378 g/mol. The van der Waals surface area contributed by atoms with Crippen molar-refractivity contribution in [3.8, 4) is 11.4 Å². The van der Waals surface area contributed by atoms with Crippen molar-refractivity contribution in [2.45, 2.75) is 25.2 Å². The summed E-state index contributed by atoms with van der Waals surface area (Å²) in [6.45, 7) is 0.852. The van der Waals surface area contributed by atoms with Crippen LogP contribution in [-0.4, -0.2) is 26.4 Å². The number of allylic oxidation sites excluding steroid dienone is 5. The number of halogens is 1. The Labute approximate surface area is 161 Å². The molecule has 4 nitrogen and oxygen atoms in total. The van der Waals surface area contributed by atoms with Gasteiger partial charge in [-0.05, 0) is 43.4 Å². The van der Waals surface area contributed by atoms with Crippen LogP contribution in [0.15, 0.2) is 71.6 Å². The van der Waals surface area contributed by atoms with Gasteiger partial charge in [0, 0.05) is 42.1 Å². The standard InChI is InChI=1S/C21H19FN4S/c22-17-4-6-18-5-3-14-9-15(1-2-16(14)11-26(18)12-17)21-25-20(13-27-21)19-10-23-7-8-24-19/h3-8,10,12-13,15-16H,1-2,9,11H2/t15-,16+/m0/s1. The molecule has 0 spiro atoms. The van der Waals surface area contributed by atoms with Crippen molar-refractivity contribution in [1.82, 2.24) is 19.9 Å². The molecule has 5 rings (SSSR count). The van der Waals surface area contributed by atoms with Crippen LogP contribution in [0.2, 0.25) is 0 Å². The van der Waals surface area contributed by atoms with Crippen LogP contribution >= 0.6 is 11.3 Å². The second-order valence-corrected chi connectivity index (χ2v) is 8.06. The maximum absolute atomic E-state index is 13.6. The van der Waals surface area contributed by atoms with E-state index in [2.05, 4.69) is 27.5 Å². The van der Waals surface area contributed by atoms with Crippen LogP contribution in [0, 0.1) is 5.92 Å². The largest absolute Gasteiger partial charge is 0.344 e. The molecule has 3 aliphatic rings. The number of hydrogen-bond acceptors (Lipinski definition) is 5. The Balaban J connectivity index is 1.36. The zero-order chi connectivity index (χ0) is 18.2. The van der Waals surface area contributed by atoms with Crippen molar-refractivity contribution in [3.63, 3.8) is 0 Å². The smallest absolute Gasteiger partial charge is 0.139 e. The van der Waals surface area contributed by atoms with E-state index < -0.39 is 0 Å². The third-order valence-electron chi connectivity index (χ3n) is 5.48. The molecule has 0 unspecified atom stereocenters. The van der Waals surface area contributed by atoms with E-state index in [0.29, 0.717) is 11.8 Å². The lowest BCUT2D eigenvalue weighted by molar-refractivity contribution is 0.331. The van der Waals surface area contributed by atoms with E-state index in [4.69, 9.17) is 4.98 Å². The van der Waals surface area contributed by atoms with Crippen molar-refractivity contribution in [2.24, 2.45) is 5.92 Å². The van der Waals surface area contributed by atoms with E-state index >= 15 is 0 Å². The molecule has 0 amide bonds. The molecule has 1 saturated carbocycles. The van der Waals surface area contributed by atoms with Gasteiger partial charge in [-0.3, -0.25) is 9.97 Å². The summed E-state index contributed by atoms with van der Waals surface area (Å²) in [5, 5.41) is 3.25. The van der Waals surface area contributed by atoms with E-state index in [9.17, 15) is 4.39 Å². The van der Waals surface area contributed by atoms with Gasteiger partial charge in [-0.2, -0.15) is 0 Å². The van der Waals surface area contributed by atoms with E-state index in [0.717, 1.165) is 42.9 Å². The summed E-state index contributed by atoms with van der Waals surface area (Å²) in [6.07, 6.45) is 17.7. The van der Waals surface area contributed by atoms with Gasteiger partial charge in [0.05, 0.1) is 11.2 Å². The molecule has 2 aliphatic heterocycles. The summed E-state index contributed by atoms with van der Waals surface area (Å²) in [6, 6.07) is 0. The van der Waals surface area contributed by atoms with Gasteiger partial charge in [0.2, 0.25) is 0 Å². The molecule has 27 heavy (non-hydrogen) atoms. The van der Waals surface area contributed by atoms with Gasteiger partial charge in [-0.1, -0.05) is 11.6 Å². The fraction of sp³-hybridized carbons (Fsp3) is 0.286. The molecule has 0 N–H and O–H groups in total. The molecule has 0 saturated heterocycles. The minimum Gasteiger partial charge on any atom is -0.344 e. The molecule has 1 aliphatic carbocycles. The van der Waals surface area contributed by atoms with Gasteiger partial charge in [0.25, 0.3) is 0 Å². The molecular weight excluding hydrogens is 359 g/mol. The van der Waals surface area contributed by atoms with E-state index in [-0.39, 0.29) is 5.83 Å². The third kappa shape index (κ3) is 3.25. The first-order chi connectivity index (χ1) is 13.3. The molecule has 6 heteroatoms. The summed E-state index contributed by atoms with van der Waals surface area (Å²) in [5.41, 5.74) is 4.25. The molecule has 2 aromatic heterocycles. The van der Waals surface area contributed by atoms with Crippen LogP contribution in [0.1, 0.15) is 30.2 Å². The van der Waals surface area contributed by atoms with Gasteiger partial charge in [0.15, 0.2) is 0 Å². The number of hydrogen-bond donors (Lipinski definition) is 0. The average Bonchev–Trinajstić information content (AvgIpc) is 3.12.